The van der Waals surface area contributed by atoms with Crippen LogP contribution in [0.5, 0.6) is 17.4 Å². The summed E-state index contributed by atoms with van der Waals surface area (Å²) in [5.41, 5.74) is 4.62. The van der Waals surface area contributed by atoms with Crippen LogP contribution in [-0.2, 0) is 11.3 Å². The molecule has 0 aliphatic carbocycles. The Morgan fingerprint density at radius 3 is 2.63 bits per heavy atom. The molecule has 4 heterocycles. The number of fused-ring (bicyclic) bond motifs is 1. The van der Waals surface area contributed by atoms with Gasteiger partial charge in [0, 0.05) is 49.2 Å². The molecule has 43 heavy (non-hydrogen) atoms. The van der Waals surface area contributed by atoms with Gasteiger partial charge in [0.05, 0.1) is 18.4 Å². The van der Waals surface area contributed by atoms with Crippen LogP contribution in [0.25, 0.3) is 21.8 Å². The molecule has 10 heteroatoms. The highest BCUT2D eigenvalue weighted by atomic mass is 32.1. The number of aryl methyl sites for hydroxylation is 1. The Bertz CT molecular complexity index is 1780. The summed E-state index contributed by atoms with van der Waals surface area (Å²) in [5, 5.41) is 10.2. The fourth-order valence-corrected chi connectivity index (χ4v) is 6.17. The molecule has 0 radical (unpaired) electrons. The van der Waals surface area contributed by atoms with Gasteiger partial charge in [0.25, 0.3) is 5.88 Å². The van der Waals surface area contributed by atoms with Crippen molar-refractivity contribution in [2.75, 3.05) is 31.6 Å². The number of nitrogens with zero attached hydrogens (tertiary/aromatic N) is 6. The molecule has 3 aromatic carbocycles. The molecular formula is C33H30N6O3S. The molecule has 7 rings (SSSR count). The van der Waals surface area contributed by atoms with Crippen LogP contribution < -0.4 is 14.4 Å². The highest BCUT2D eigenvalue weighted by molar-refractivity contribution is 7.14. The van der Waals surface area contributed by atoms with E-state index >= 15 is 0 Å². The molecule has 0 spiro atoms. The number of ether oxygens (including phenoxy) is 2. The molecule has 2 aromatic heterocycles. The van der Waals surface area contributed by atoms with Gasteiger partial charge in [0.1, 0.15) is 28.1 Å². The fourth-order valence-electron chi connectivity index (χ4n) is 5.47. The van der Waals surface area contributed by atoms with E-state index in [9.17, 15) is 4.79 Å². The number of likely N-dealkylation sites (N-methyl/N-ethyl adjacent to an activating group) is 1. The van der Waals surface area contributed by atoms with E-state index < -0.39 is 0 Å². The molecule has 2 aliphatic rings. The Morgan fingerprint density at radius 1 is 1.02 bits per heavy atom. The van der Waals surface area contributed by atoms with Crippen molar-refractivity contribution >= 4 is 23.1 Å². The Balaban J connectivity index is 1.19. The second kappa shape index (κ2) is 11.4. The zero-order chi connectivity index (χ0) is 29.3. The Kier molecular flexibility index (Phi) is 7.20. The maximum Gasteiger partial charge on any atom is 0.258 e. The van der Waals surface area contributed by atoms with E-state index in [0.717, 1.165) is 39.1 Å². The largest absolute Gasteiger partial charge is 0.473 e. The van der Waals surface area contributed by atoms with Gasteiger partial charge in [-0.05, 0) is 42.8 Å². The van der Waals surface area contributed by atoms with E-state index in [1.807, 2.05) is 84.4 Å². The van der Waals surface area contributed by atoms with Crippen LogP contribution in [0, 0.1) is 6.92 Å². The van der Waals surface area contributed by atoms with Crippen molar-refractivity contribution in [3.8, 4) is 39.2 Å². The molecule has 0 bridgehead atoms. The van der Waals surface area contributed by atoms with Crippen molar-refractivity contribution in [2.45, 2.75) is 25.8 Å². The predicted octanol–water partition coefficient (Wildman–Crippen LogP) is 6.11. The van der Waals surface area contributed by atoms with E-state index in [-0.39, 0.29) is 11.8 Å². The molecule has 5 aromatic rings. The smallest absolute Gasteiger partial charge is 0.258 e. The first-order chi connectivity index (χ1) is 21.0. The molecule has 216 valence electrons. The fraction of sp³-hybridized carbons (Fsp3) is 0.242. The summed E-state index contributed by atoms with van der Waals surface area (Å²) in [5.74, 6) is 2.91. The lowest BCUT2D eigenvalue weighted by Gasteiger charge is -2.25. The van der Waals surface area contributed by atoms with Gasteiger partial charge in [0.2, 0.25) is 5.91 Å². The summed E-state index contributed by atoms with van der Waals surface area (Å²) in [6, 6.07) is 24.0. The average molecular weight is 591 g/mol. The van der Waals surface area contributed by atoms with E-state index in [0.29, 0.717) is 49.2 Å². The molecule has 1 amide bonds. The summed E-state index contributed by atoms with van der Waals surface area (Å²) >= 11 is 1.55. The summed E-state index contributed by atoms with van der Waals surface area (Å²) in [7, 11) is 1.98. The van der Waals surface area contributed by atoms with Crippen LogP contribution >= 0.6 is 11.3 Å². The summed E-state index contributed by atoms with van der Waals surface area (Å²) in [6.45, 7) is 4.39. The number of benzene rings is 3. The number of hydrogen-bond acceptors (Lipinski definition) is 9. The number of hydrogen-bond donors (Lipinski definition) is 0. The Morgan fingerprint density at radius 2 is 1.84 bits per heavy atom. The van der Waals surface area contributed by atoms with Crippen molar-refractivity contribution in [3.63, 3.8) is 0 Å². The van der Waals surface area contributed by atoms with Gasteiger partial charge < -0.3 is 19.3 Å². The Labute approximate surface area is 253 Å². The van der Waals surface area contributed by atoms with Gasteiger partial charge >= 0.3 is 0 Å². The summed E-state index contributed by atoms with van der Waals surface area (Å²) in [4.78, 5) is 26.4. The number of rotatable bonds is 7. The monoisotopic (exact) mass is 590 g/mol. The summed E-state index contributed by atoms with van der Waals surface area (Å²) in [6.07, 6.45) is 2.26. The van der Waals surface area contributed by atoms with Crippen LogP contribution in [0.15, 0.2) is 79.0 Å². The topological polar surface area (TPSA) is 93.6 Å². The number of carbonyl (C=O) groups is 1. The quantitative estimate of drug-likeness (QED) is 0.224. The normalized spacial score (nSPS) is 16.2. The van der Waals surface area contributed by atoms with Crippen LogP contribution in [-0.4, -0.2) is 57.7 Å². The third kappa shape index (κ3) is 5.65. The van der Waals surface area contributed by atoms with Gasteiger partial charge in [-0.25, -0.2) is 9.97 Å². The van der Waals surface area contributed by atoms with Crippen LogP contribution in [0.3, 0.4) is 0 Å². The van der Waals surface area contributed by atoms with Crippen molar-refractivity contribution in [1.29, 1.82) is 0 Å². The lowest BCUT2D eigenvalue weighted by Crippen LogP contribution is -2.30. The van der Waals surface area contributed by atoms with Gasteiger partial charge in [0.15, 0.2) is 5.82 Å². The van der Waals surface area contributed by atoms with E-state index in [1.54, 1.807) is 17.5 Å². The lowest BCUT2D eigenvalue weighted by molar-refractivity contribution is -0.128. The number of aromatic nitrogens is 4. The van der Waals surface area contributed by atoms with E-state index in [1.165, 1.54) is 5.56 Å². The SMILES string of the molecule is Cc1nnc(-c2ccc(Oc3cc(-c4cnc5c(n4)OCCN5C)ccc3CN3CC(c4ccccc4)CC3=O)cc2)s1. The molecule has 9 nitrogen and oxygen atoms in total. The van der Waals surface area contributed by atoms with Crippen molar-refractivity contribution in [3.05, 3.63) is 95.1 Å². The minimum absolute atomic E-state index is 0.141. The van der Waals surface area contributed by atoms with E-state index in [2.05, 4.69) is 27.3 Å². The highest BCUT2D eigenvalue weighted by Crippen LogP contribution is 2.36. The highest BCUT2D eigenvalue weighted by Gasteiger charge is 2.31. The minimum Gasteiger partial charge on any atom is -0.473 e. The van der Waals surface area contributed by atoms with Gasteiger partial charge in [-0.3, -0.25) is 4.79 Å². The van der Waals surface area contributed by atoms with Crippen molar-refractivity contribution in [2.24, 2.45) is 0 Å². The third-order valence-electron chi connectivity index (χ3n) is 7.81. The van der Waals surface area contributed by atoms with Crippen LogP contribution in [0.2, 0.25) is 0 Å². The zero-order valence-electron chi connectivity index (χ0n) is 23.9. The van der Waals surface area contributed by atoms with Crippen molar-refractivity contribution in [1.82, 2.24) is 25.1 Å². The second-order valence-corrected chi connectivity index (χ2v) is 12.0. The van der Waals surface area contributed by atoms with E-state index in [4.69, 9.17) is 14.5 Å². The van der Waals surface area contributed by atoms with Gasteiger partial charge in [-0.2, -0.15) is 0 Å². The van der Waals surface area contributed by atoms with Gasteiger partial charge in [-0.15, -0.1) is 10.2 Å². The zero-order valence-corrected chi connectivity index (χ0v) is 24.8. The van der Waals surface area contributed by atoms with Gasteiger partial charge in [-0.1, -0.05) is 53.8 Å². The predicted molar refractivity (Wildman–Crippen MR) is 166 cm³/mol. The summed E-state index contributed by atoms with van der Waals surface area (Å²) < 4.78 is 12.3. The van der Waals surface area contributed by atoms with Crippen LogP contribution in [0.1, 0.15) is 28.5 Å². The first kappa shape index (κ1) is 27.0. The first-order valence-corrected chi connectivity index (χ1v) is 15.1. The molecular weight excluding hydrogens is 560 g/mol. The number of likely N-dealkylation sites (tertiary alicyclic amines) is 1. The molecule has 0 saturated carbocycles. The first-order valence-electron chi connectivity index (χ1n) is 14.3. The number of carbonyl (C=O) groups excluding carboxylic acids is 1. The Hall–Kier alpha value is -4.83. The lowest BCUT2D eigenvalue weighted by atomic mass is 9.98. The van der Waals surface area contributed by atoms with Crippen LogP contribution in [0.4, 0.5) is 5.82 Å². The third-order valence-corrected chi connectivity index (χ3v) is 8.70. The molecule has 1 unspecified atom stereocenters. The second-order valence-electron chi connectivity index (χ2n) is 10.8. The number of anilines is 1. The van der Waals surface area contributed by atoms with Crippen molar-refractivity contribution < 1.29 is 14.3 Å². The number of amides is 1. The average Bonchev–Trinajstić information content (AvgIpc) is 3.64. The molecule has 0 N–H and O–H groups in total. The molecule has 2 aliphatic heterocycles. The molecule has 1 saturated heterocycles. The molecule has 1 atom stereocenters. The maximum atomic E-state index is 13.1. The standard InChI is InChI=1S/C33H30N6O3S/c1-21-36-37-33(43-21)23-10-12-27(13-11-23)42-29-16-24(28-18-34-31-32(35-28)41-15-14-38(31)2)8-9-25(29)19-39-20-26(17-30(39)40)22-6-4-3-5-7-22/h3-13,16,18,26H,14-15,17,19-20H2,1-2H3. The maximum absolute atomic E-state index is 13.1. The molecule has 1 fully saturated rings. The minimum atomic E-state index is 0.141.